The zero-order valence-corrected chi connectivity index (χ0v) is 18.7. The largest absolute Gasteiger partial charge is 0.497 e. The summed E-state index contributed by atoms with van der Waals surface area (Å²) in [5.41, 5.74) is 0. The van der Waals surface area contributed by atoms with Crippen LogP contribution in [0.2, 0.25) is 0 Å². The number of piperidine rings is 1. The SMILES string of the molecule is COc1ccc(S(=O)(=O)N2CC[NH+]([C@H](C)C(=O)N3[C@H](C)CCC[C@H]3C)CC2)cc1. The molecular formula is C21H34N3O4S+. The molecule has 2 fully saturated rings. The van der Waals surface area contributed by atoms with E-state index in [1.807, 2.05) is 6.92 Å². The lowest BCUT2D eigenvalue weighted by atomic mass is 9.96. The van der Waals surface area contributed by atoms with E-state index < -0.39 is 10.0 Å². The number of rotatable bonds is 5. The van der Waals surface area contributed by atoms with E-state index in [1.54, 1.807) is 31.4 Å². The fourth-order valence-electron chi connectivity index (χ4n) is 4.60. The molecule has 1 aromatic carbocycles. The van der Waals surface area contributed by atoms with Crippen molar-refractivity contribution in [3.8, 4) is 5.75 Å². The molecule has 3 atom stereocenters. The van der Waals surface area contributed by atoms with Crippen LogP contribution in [-0.4, -0.2) is 74.9 Å². The highest BCUT2D eigenvalue weighted by Gasteiger charge is 2.39. The van der Waals surface area contributed by atoms with Crippen molar-refractivity contribution >= 4 is 15.9 Å². The van der Waals surface area contributed by atoms with E-state index in [-0.39, 0.29) is 28.9 Å². The van der Waals surface area contributed by atoms with Crippen LogP contribution in [0, 0.1) is 0 Å². The quantitative estimate of drug-likeness (QED) is 0.758. The van der Waals surface area contributed by atoms with Gasteiger partial charge in [-0.1, -0.05) is 0 Å². The number of piperazine rings is 1. The lowest BCUT2D eigenvalue weighted by Gasteiger charge is -2.42. The Kier molecular flexibility index (Phi) is 6.86. The summed E-state index contributed by atoms with van der Waals surface area (Å²) in [5, 5.41) is 0. The third-order valence-electron chi connectivity index (χ3n) is 6.49. The van der Waals surface area contributed by atoms with Crippen LogP contribution in [0.3, 0.4) is 0 Å². The third kappa shape index (κ3) is 4.59. The molecule has 29 heavy (non-hydrogen) atoms. The first-order valence-electron chi connectivity index (χ1n) is 10.6. The zero-order valence-electron chi connectivity index (χ0n) is 17.9. The van der Waals surface area contributed by atoms with Gasteiger partial charge in [0.15, 0.2) is 6.04 Å². The molecule has 1 amide bonds. The van der Waals surface area contributed by atoms with Crippen molar-refractivity contribution in [1.82, 2.24) is 9.21 Å². The number of ether oxygens (including phenoxy) is 1. The lowest BCUT2D eigenvalue weighted by molar-refractivity contribution is -0.918. The number of hydrogen-bond acceptors (Lipinski definition) is 4. The fourth-order valence-corrected chi connectivity index (χ4v) is 6.04. The summed E-state index contributed by atoms with van der Waals surface area (Å²) in [6.07, 6.45) is 3.30. The summed E-state index contributed by atoms with van der Waals surface area (Å²) in [7, 11) is -1.97. The Balaban J connectivity index is 1.62. The van der Waals surface area contributed by atoms with Crippen LogP contribution in [0.15, 0.2) is 29.2 Å². The smallest absolute Gasteiger partial charge is 0.281 e. The molecule has 2 heterocycles. The molecule has 0 aromatic heterocycles. The predicted molar refractivity (Wildman–Crippen MR) is 112 cm³/mol. The van der Waals surface area contributed by atoms with E-state index in [1.165, 1.54) is 15.6 Å². The standard InChI is InChI=1S/C21H33N3O4S/c1-16-6-5-7-17(2)24(16)21(25)18(3)22-12-14-23(15-13-22)29(26,27)20-10-8-19(28-4)9-11-20/h8-11,16-18H,5-7,12-15H2,1-4H3/p+1/t16-,17-,18-/m1/s1. The van der Waals surface area contributed by atoms with Crippen LogP contribution >= 0.6 is 0 Å². The van der Waals surface area contributed by atoms with Gasteiger partial charge in [-0.25, -0.2) is 8.42 Å². The van der Waals surface area contributed by atoms with Crippen LogP contribution in [0.1, 0.15) is 40.0 Å². The maximum absolute atomic E-state index is 13.1. The topological polar surface area (TPSA) is 71.4 Å². The van der Waals surface area contributed by atoms with E-state index in [0.717, 1.165) is 12.8 Å². The van der Waals surface area contributed by atoms with Crippen LogP contribution in [0.5, 0.6) is 5.75 Å². The van der Waals surface area contributed by atoms with Gasteiger partial charge in [0, 0.05) is 12.1 Å². The Hall–Kier alpha value is -1.64. The average Bonchev–Trinajstić information content (AvgIpc) is 2.73. The highest BCUT2D eigenvalue weighted by Crippen LogP contribution is 2.23. The van der Waals surface area contributed by atoms with Crippen molar-refractivity contribution in [1.29, 1.82) is 0 Å². The maximum atomic E-state index is 13.1. The van der Waals surface area contributed by atoms with Gasteiger partial charge in [0.1, 0.15) is 5.75 Å². The van der Waals surface area contributed by atoms with E-state index in [0.29, 0.717) is 31.9 Å². The number of quaternary nitrogens is 1. The van der Waals surface area contributed by atoms with Crippen molar-refractivity contribution in [3.63, 3.8) is 0 Å². The molecule has 0 bridgehead atoms. The van der Waals surface area contributed by atoms with E-state index in [4.69, 9.17) is 4.74 Å². The molecule has 1 N–H and O–H groups in total. The zero-order chi connectivity index (χ0) is 21.2. The van der Waals surface area contributed by atoms with Gasteiger partial charge in [0.2, 0.25) is 10.0 Å². The van der Waals surface area contributed by atoms with Crippen molar-refractivity contribution < 1.29 is 22.8 Å². The first kappa shape index (κ1) is 22.1. The van der Waals surface area contributed by atoms with Crippen LogP contribution < -0.4 is 9.64 Å². The molecule has 0 saturated carbocycles. The number of hydrogen-bond donors (Lipinski definition) is 1. The molecule has 0 spiro atoms. The predicted octanol–water partition coefficient (Wildman–Crippen LogP) is 0.762. The van der Waals surface area contributed by atoms with Gasteiger partial charge in [-0.15, -0.1) is 0 Å². The number of nitrogens with one attached hydrogen (secondary N) is 1. The molecule has 0 radical (unpaired) electrons. The fraction of sp³-hybridized carbons (Fsp3) is 0.667. The number of likely N-dealkylation sites (tertiary alicyclic amines) is 1. The highest BCUT2D eigenvalue weighted by molar-refractivity contribution is 7.89. The van der Waals surface area contributed by atoms with Gasteiger partial charge in [0.05, 0.1) is 38.2 Å². The van der Waals surface area contributed by atoms with E-state index >= 15 is 0 Å². The molecule has 162 valence electrons. The van der Waals surface area contributed by atoms with Crippen molar-refractivity contribution in [2.75, 3.05) is 33.3 Å². The summed E-state index contributed by atoms with van der Waals surface area (Å²) in [6.45, 7) is 8.37. The molecule has 0 unspecified atom stereocenters. The van der Waals surface area contributed by atoms with Crippen LogP contribution in [0.25, 0.3) is 0 Å². The molecule has 3 rings (SSSR count). The number of amides is 1. The molecule has 0 aliphatic carbocycles. The highest BCUT2D eigenvalue weighted by atomic mass is 32.2. The lowest BCUT2D eigenvalue weighted by Crippen LogP contribution is -3.19. The number of nitrogens with zero attached hydrogens (tertiary/aromatic N) is 2. The van der Waals surface area contributed by atoms with E-state index in [2.05, 4.69) is 18.7 Å². The minimum Gasteiger partial charge on any atom is -0.497 e. The Morgan fingerprint density at radius 2 is 1.66 bits per heavy atom. The summed E-state index contributed by atoms with van der Waals surface area (Å²) in [5.74, 6) is 0.831. The minimum atomic E-state index is -3.53. The summed E-state index contributed by atoms with van der Waals surface area (Å²) >= 11 is 0. The monoisotopic (exact) mass is 424 g/mol. The van der Waals surface area contributed by atoms with Crippen molar-refractivity contribution in [2.24, 2.45) is 0 Å². The molecule has 1 aromatic rings. The average molecular weight is 425 g/mol. The number of sulfonamides is 1. The first-order chi connectivity index (χ1) is 13.8. The normalized spacial score (nSPS) is 25.6. The third-order valence-corrected chi connectivity index (χ3v) is 8.41. The van der Waals surface area contributed by atoms with Gasteiger partial charge < -0.3 is 14.5 Å². The second-order valence-electron chi connectivity index (χ2n) is 8.33. The molecule has 8 heteroatoms. The number of carbonyl (C=O) groups excluding carboxylic acids is 1. The Morgan fingerprint density at radius 1 is 1.10 bits per heavy atom. The number of benzene rings is 1. The van der Waals surface area contributed by atoms with Crippen LogP contribution in [-0.2, 0) is 14.8 Å². The Bertz CT molecular complexity index is 794. The molecule has 7 nitrogen and oxygen atoms in total. The van der Waals surface area contributed by atoms with Crippen molar-refractivity contribution in [2.45, 2.75) is 63.1 Å². The van der Waals surface area contributed by atoms with Gasteiger partial charge >= 0.3 is 0 Å². The van der Waals surface area contributed by atoms with Crippen LogP contribution in [0.4, 0.5) is 0 Å². The summed E-state index contributed by atoms with van der Waals surface area (Å²) in [4.78, 5) is 16.6. The van der Waals surface area contributed by atoms with Crippen molar-refractivity contribution in [3.05, 3.63) is 24.3 Å². The van der Waals surface area contributed by atoms with Gasteiger partial charge in [-0.3, -0.25) is 4.79 Å². The van der Waals surface area contributed by atoms with Gasteiger partial charge in [-0.05, 0) is 64.3 Å². The number of methoxy groups -OCH3 is 1. The minimum absolute atomic E-state index is 0.149. The second-order valence-corrected chi connectivity index (χ2v) is 10.3. The molecule has 2 aliphatic rings. The molecule has 2 aliphatic heterocycles. The Labute approximate surface area is 174 Å². The summed E-state index contributed by atoms with van der Waals surface area (Å²) < 4.78 is 32.5. The van der Waals surface area contributed by atoms with E-state index in [9.17, 15) is 13.2 Å². The Morgan fingerprint density at radius 3 is 2.17 bits per heavy atom. The molecule has 2 saturated heterocycles. The maximum Gasteiger partial charge on any atom is 0.281 e. The van der Waals surface area contributed by atoms with Gasteiger partial charge in [0.25, 0.3) is 5.91 Å². The first-order valence-corrected chi connectivity index (χ1v) is 12.0. The van der Waals surface area contributed by atoms with Gasteiger partial charge in [-0.2, -0.15) is 4.31 Å². The summed E-state index contributed by atoms with van der Waals surface area (Å²) in [6, 6.07) is 6.90. The number of carbonyl (C=O) groups is 1. The molecular weight excluding hydrogens is 390 g/mol. The second kappa shape index (κ2) is 9.02.